The number of aliphatic hydroxyl groups is 1. The first-order valence-corrected chi connectivity index (χ1v) is 6.57. The van der Waals surface area contributed by atoms with Crippen LogP contribution in [0.1, 0.15) is 5.69 Å². The summed E-state index contributed by atoms with van der Waals surface area (Å²) >= 11 is 0. The standard InChI is InChI=1S/C15H14F2N2O4/c1-23-14-6-19(10(8-20)5-13(14)21)7-15(22)18-12-3-2-9(16)4-11(12)17/h2-6,20H,7-8H2,1H3,(H,18,22). The number of ether oxygens (including phenoxy) is 1. The van der Waals surface area contributed by atoms with E-state index in [0.29, 0.717) is 6.07 Å². The minimum absolute atomic E-state index is 0.00274. The van der Waals surface area contributed by atoms with Crippen LogP contribution in [0.5, 0.6) is 5.75 Å². The van der Waals surface area contributed by atoms with Gasteiger partial charge in [-0.15, -0.1) is 0 Å². The number of carbonyl (C=O) groups excluding carboxylic acids is 1. The van der Waals surface area contributed by atoms with Crippen LogP contribution in [0.25, 0.3) is 0 Å². The fourth-order valence-corrected chi connectivity index (χ4v) is 1.97. The Morgan fingerprint density at radius 2 is 2.09 bits per heavy atom. The Bertz CT molecular complexity index is 790. The highest BCUT2D eigenvalue weighted by Crippen LogP contribution is 2.15. The van der Waals surface area contributed by atoms with Crippen LogP contribution in [-0.2, 0) is 17.9 Å². The lowest BCUT2D eigenvalue weighted by Crippen LogP contribution is -2.23. The van der Waals surface area contributed by atoms with Crippen molar-refractivity contribution in [3.8, 4) is 5.75 Å². The third-order valence-electron chi connectivity index (χ3n) is 3.08. The molecule has 6 nitrogen and oxygen atoms in total. The Morgan fingerprint density at radius 1 is 1.35 bits per heavy atom. The summed E-state index contributed by atoms with van der Waals surface area (Å²) < 4.78 is 32.5. The first kappa shape index (κ1) is 16.6. The maximum atomic E-state index is 13.5. The molecule has 2 N–H and O–H groups in total. The smallest absolute Gasteiger partial charge is 0.244 e. The van der Waals surface area contributed by atoms with Crippen molar-refractivity contribution in [1.82, 2.24) is 4.57 Å². The van der Waals surface area contributed by atoms with Crippen LogP contribution in [0.15, 0.2) is 35.3 Å². The van der Waals surface area contributed by atoms with Crippen molar-refractivity contribution >= 4 is 11.6 Å². The first-order valence-electron chi connectivity index (χ1n) is 6.57. The summed E-state index contributed by atoms with van der Waals surface area (Å²) in [6.07, 6.45) is 1.27. The SMILES string of the molecule is COc1cn(CC(=O)Nc2ccc(F)cc2F)c(CO)cc1=O. The number of nitrogens with one attached hydrogen (secondary N) is 1. The molecule has 2 rings (SSSR count). The Labute approximate surface area is 129 Å². The maximum absolute atomic E-state index is 13.5. The molecule has 0 saturated carbocycles. The van der Waals surface area contributed by atoms with E-state index in [0.717, 1.165) is 18.2 Å². The second kappa shape index (κ2) is 7.01. The number of rotatable bonds is 5. The summed E-state index contributed by atoms with van der Waals surface area (Å²) in [4.78, 5) is 23.6. The average molecular weight is 324 g/mol. The largest absolute Gasteiger partial charge is 0.491 e. The van der Waals surface area contributed by atoms with Gasteiger partial charge in [-0.05, 0) is 12.1 Å². The summed E-state index contributed by atoms with van der Waals surface area (Å²) in [6.45, 7) is -0.749. The third kappa shape index (κ3) is 3.92. The van der Waals surface area contributed by atoms with Crippen molar-refractivity contribution in [2.75, 3.05) is 12.4 Å². The molecule has 0 radical (unpaired) electrons. The van der Waals surface area contributed by atoms with Gasteiger partial charge >= 0.3 is 0 Å². The normalized spacial score (nSPS) is 10.4. The number of hydrogen-bond donors (Lipinski definition) is 2. The van der Waals surface area contributed by atoms with Gasteiger partial charge in [0.15, 0.2) is 5.75 Å². The van der Waals surface area contributed by atoms with Crippen LogP contribution >= 0.6 is 0 Å². The van der Waals surface area contributed by atoms with Crippen molar-refractivity contribution in [3.05, 3.63) is 58.0 Å². The number of halogens is 2. The molecule has 1 heterocycles. The summed E-state index contributed by atoms with van der Waals surface area (Å²) in [5.74, 6) is -2.27. The molecule has 1 aromatic heterocycles. The zero-order valence-corrected chi connectivity index (χ0v) is 12.2. The molecule has 122 valence electrons. The molecule has 0 bridgehead atoms. The van der Waals surface area contributed by atoms with Crippen LogP contribution < -0.4 is 15.5 Å². The minimum Gasteiger partial charge on any atom is -0.491 e. The van der Waals surface area contributed by atoms with Gasteiger partial charge in [0.2, 0.25) is 11.3 Å². The number of aliphatic hydroxyl groups excluding tert-OH is 1. The van der Waals surface area contributed by atoms with Gasteiger partial charge in [0.1, 0.15) is 18.2 Å². The van der Waals surface area contributed by atoms with E-state index >= 15 is 0 Å². The Hall–Kier alpha value is -2.74. The molecule has 0 aliphatic carbocycles. The molecule has 0 aliphatic heterocycles. The van der Waals surface area contributed by atoms with Crippen LogP contribution in [-0.4, -0.2) is 22.7 Å². The van der Waals surface area contributed by atoms with Gasteiger partial charge in [0.25, 0.3) is 0 Å². The van der Waals surface area contributed by atoms with E-state index in [4.69, 9.17) is 4.74 Å². The first-order chi connectivity index (χ1) is 10.9. The fraction of sp³-hybridized carbons (Fsp3) is 0.200. The van der Waals surface area contributed by atoms with Gasteiger partial charge in [-0.1, -0.05) is 0 Å². The lowest BCUT2D eigenvalue weighted by molar-refractivity contribution is -0.116. The zero-order chi connectivity index (χ0) is 17.0. The lowest BCUT2D eigenvalue weighted by Gasteiger charge is -2.13. The second-order valence-corrected chi connectivity index (χ2v) is 4.66. The number of anilines is 1. The van der Waals surface area contributed by atoms with E-state index in [1.807, 2.05) is 0 Å². The summed E-state index contributed by atoms with van der Waals surface area (Å²) in [5.41, 5.74) is -0.404. The van der Waals surface area contributed by atoms with Gasteiger partial charge in [0.05, 0.1) is 25.6 Å². The molecule has 0 spiro atoms. The second-order valence-electron chi connectivity index (χ2n) is 4.66. The minimum atomic E-state index is -0.904. The average Bonchev–Trinajstić information content (AvgIpc) is 2.51. The summed E-state index contributed by atoms with van der Waals surface area (Å²) in [7, 11) is 1.30. The summed E-state index contributed by atoms with van der Waals surface area (Å²) in [5, 5.41) is 11.5. The van der Waals surface area contributed by atoms with Crippen molar-refractivity contribution in [3.63, 3.8) is 0 Å². The molecule has 0 saturated heterocycles. The number of amides is 1. The molecular formula is C15H14F2N2O4. The van der Waals surface area contributed by atoms with E-state index in [9.17, 15) is 23.5 Å². The van der Waals surface area contributed by atoms with Crippen molar-refractivity contribution < 1.29 is 23.4 Å². The Kier molecular flexibility index (Phi) is 5.07. The van der Waals surface area contributed by atoms with E-state index in [1.165, 1.54) is 17.9 Å². The Morgan fingerprint density at radius 3 is 2.70 bits per heavy atom. The van der Waals surface area contributed by atoms with Crippen LogP contribution in [0.3, 0.4) is 0 Å². The van der Waals surface area contributed by atoms with Crippen LogP contribution in [0.2, 0.25) is 0 Å². The molecule has 0 aliphatic rings. The molecule has 0 fully saturated rings. The summed E-state index contributed by atoms with van der Waals surface area (Å²) in [6, 6.07) is 3.91. The molecule has 1 aromatic carbocycles. The highest BCUT2D eigenvalue weighted by atomic mass is 19.1. The number of hydrogen-bond acceptors (Lipinski definition) is 4. The molecular weight excluding hydrogens is 310 g/mol. The highest BCUT2D eigenvalue weighted by molar-refractivity contribution is 5.90. The predicted octanol–water partition coefficient (Wildman–Crippen LogP) is 1.27. The van der Waals surface area contributed by atoms with Crippen molar-refractivity contribution in [2.24, 2.45) is 0 Å². The monoisotopic (exact) mass is 324 g/mol. The van der Waals surface area contributed by atoms with Crippen molar-refractivity contribution in [1.29, 1.82) is 0 Å². The van der Waals surface area contributed by atoms with Crippen LogP contribution in [0, 0.1) is 11.6 Å². The number of aromatic nitrogens is 1. The number of methoxy groups -OCH3 is 1. The van der Waals surface area contributed by atoms with E-state index in [1.54, 1.807) is 0 Å². The Balaban J connectivity index is 2.21. The molecule has 23 heavy (non-hydrogen) atoms. The fourth-order valence-electron chi connectivity index (χ4n) is 1.97. The highest BCUT2D eigenvalue weighted by Gasteiger charge is 2.12. The number of benzene rings is 1. The quantitative estimate of drug-likeness (QED) is 0.868. The van der Waals surface area contributed by atoms with Gasteiger partial charge in [-0.3, -0.25) is 9.59 Å². The number of pyridine rings is 1. The molecule has 0 atom stereocenters. The van der Waals surface area contributed by atoms with Gasteiger partial charge in [-0.2, -0.15) is 0 Å². The molecule has 1 amide bonds. The van der Waals surface area contributed by atoms with E-state index in [2.05, 4.69) is 5.32 Å². The maximum Gasteiger partial charge on any atom is 0.244 e. The van der Waals surface area contributed by atoms with E-state index in [-0.39, 0.29) is 23.7 Å². The topological polar surface area (TPSA) is 80.6 Å². The molecule has 2 aromatic rings. The van der Waals surface area contributed by atoms with Gasteiger partial charge < -0.3 is 19.7 Å². The lowest BCUT2D eigenvalue weighted by atomic mass is 10.3. The van der Waals surface area contributed by atoms with Crippen LogP contribution in [0.4, 0.5) is 14.5 Å². The number of nitrogens with zero attached hydrogens (tertiary/aromatic N) is 1. The number of carbonyl (C=O) groups is 1. The molecule has 0 unspecified atom stereocenters. The molecule has 8 heteroatoms. The zero-order valence-electron chi connectivity index (χ0n) is 12.2. The predicted molar refractivity (Wildman–Crippen MR) is 78.2 cm³/mol. The van der Waals surface area contributed by atoms with E-state index < -0.39 is 29.6 Å². The van der Waals surface area contributed by atoms with Gasteiger partial charge in [0, 0.05) is 17.8 Å². The van der Waals surface area contributed by atoms with Crippen molar-refractivity contribution in [2.45, 2.75) is 13.2 Å². The third-order valence-corrected chi connectivity index (χ3v) is 3.08. The van der Waals surface area contributed by atoms with Gasteiger partial charge in [-0.25, -0.2) is 8.78 Å².